The molecule has 146 valence electrons. The van der Waals surface area contributed by atoms with Gasteiger partial charge >= 0.3 is 0 Å². The summed E-state index contributed by atoms with van der Waals surface area (Å²) in [5.74, 6) is 1.31. The Morgan fingerprint density at radius 1 is 1.29 bits per heavy atom. The van der Waals surface area contributed by atoms with Crippen molar-refractivity contribution >= 4 is 29.1 Å². The van der Waals surface area contributed by atoms with Gasteiger partial charge in [0.15, 0.2) is 11.5 Å². The molecule has 0 saturated heterocycles. The molecule has 28 heavy (non-hydrogen) atoms. The van der Waals surface area contributed by atoms with Crippen LogP contribution in [0.5, 0.6) is 17.2 Å². The van der Waals surface area contributed by atoms with E-state index in [4.69, 9.17) is 25.8 Å². The molecule has 2 aliphatic heterocycles. The Bertz CT molecular complexity index is 962. The molecule has 2 aromatic carbocycles. The summed E-state index contributed by atoms with van der Waals surface area (Å²) in [4.78, 5) is 26.3. The van der Waals surface area contributed by atoms with Crippen LogP contribution < -0.4 is 24.4 Å². The number of carbonyl (C=O) groups is 2. The maximum absolute atomic E-state index is 13.1. The summed E-state index contributed by atoms with van der Waals surface area (Å²) in [6.07, 6.45) is 0. The third-order valence-corrected chi connectivity index (χ3v) is 4.99. The zero-order chi connectivity index (χ0) is 19.8. The van der Waals surface area contributed by atoms with Gasteiger partial charge in [0.05, 0.1) is 18.8 Å². The highest BCUT2D eigenvalue weighted by atomic mass is 35.5. The van der Waals surface area contributed by atoms with E-state index in [1.165, 1.54) is 6.92 Å². The smallest absolute Gasteiger partial charge is 0.254 e. The highest BCUT2D eigenvalue weighted by Gasteiger charge is 2.38. The number of hydrogen-bond acceptors (Lipinski definition) is 5. The Morgan fingerprint density at radius 3 is 2.75 bits per heavy atom. The van der Waals surface area contributed by atoms with Crippen LogP contribution >= 0.6 is 11.6 Å². The molecule has 2 heterocycles. The lowest BCUT2D eigenvalue weighted by Crippen LogP contribution is -2.36. The van der Waals surface area contributed by atoms with Gasteiger partial charge in [0.25, 0.3) is 5.91 Å². The van der Waals surface area contributed by atoms with Crippen LogP contribution in [0.1, 0.15) is 31.0 Å². The zero-order valence-electron chi connectivity index (χ0n) is 15.5. The first-order valence-electron chi connectivity index (χ1n) is 8.91. The molecule has 0 aliphatic carbocycles. The molecule has 2 aliphatic rings. The van der Waals surface area contributed by atoms with E-state index in [2.05, 4.69) is 5.32 Å². The van der Waals surface area contributed by atoms with E-state index in [0.29, 0.717) is 40.1 Å². The van der Waals surface area contributed by atoms with E-state index in [0.717, 1.165) is 5.56 Å². The fourth-order valence-electron chi connectivity index (χ4n) is 3.43. The minimum atomic E-state index is -0.763. The molecule has 0 fully saturated rings. The molecular weight excluding hydrogens is 384 g/mol. The average Bonchev–Trinajstić information content (AvgIpc) is 3.20. The lowest BCUT2D eigenvalue weighted by Gasteiger charge is -2.19. The fraction of sp³-hybridized carbons (Fsp3) is 0.300. The summed E-state index contributed by atoms with van der Waals surface area (Å²) in [6, 6.07) is 8.11. The molecule has 7 nitrogen and oxygen atoms in total. The first-order chi connectivity index (χ1) is 13.5. The van der Waals surface area contributed by atoms with Crippen molar-refractivity contribution in [1.82, 2.24) is 5.32 Å². The Labute approximate surface area is 167 Å². The van der Waals surface area contributed by atoms with Gasteiger partial charge in [-0.25, -0.2) is 0 Å². The average molecular weight is 403 g/mol. The van der Waals surface area contributed by atoms with E-state index in [9.17, 15) is 9.59 Å². The molecule has 0 radical (unpaired) electrons. The van der Waals surface area contributed by atoms with Crippen LogP contribution in [-0.4, -0.2) is 25.2 Å². The van der Waals surface area contributed by atoms with Gasteiger partial charge in [-0.1, -0.05) is 11.6 Å². The van der Waals surface area contributed by atoms with Crippen LogP contribution in [0.15, 0.2) is 30.3 Å². The summed E-state index contributed by atoms with van der Waals surface area (Å²) < 4.78 is 16.3. The van der Waals surface area contributed by atoms with E-state index in [1.54, 1.807) is 29.2 Å². The van der Waals surface area contributed by atoms with Crippen molar-refractivity contribution in [3.05, 3.63) is 46.5 Å². The van der Waals surface area contributed by atoms with Crippen molar-refractivity contribution in [2.24, 2.45) is 0 Å². The van der Waals surface area contributed by atoms with Gasteiger partial charge in [-0.15, -0.1) is 0 Å². The van der Waals surface area contributed by atoms with Crippen LogP contribution in [0.3, 0.4) is 0 Å². The molecule has 0 saturated carbocycles. The maximum atomic E-state index is 13.1. The number of nitrogens with zero attached hydrogens (tertiary/aromatic N) is 1. The summed E-state index contributed by atoms with van der Waals surface area (Å²) >= 11 is 6.39. The van der Waals surface area contributed by atoms with Crippen molar-refractivity contribution in [2.45, 2.75) is 26.4 Å². The van der Waals surface area contributed by atoms with Crippen molar-refractivity contribution in [2.75, 3.05) is 18.3 Å². The van der Waals surface area contributed by atoms with Crippen LogP contribution in [-0.2, 0) is 16.1 Å². The number of rotatable bonds is 5. The molecule has 8 heteroatoms. The SMILES string of the molecule is CCOc1ccc2c(c1)[C@H](NC(C)=O)C(=O)N2Cc1cc2c(cc1Cl)OCO2. The molecule has 0 bridgehead atoms. The second-order valence-electron chi connectivity index (χ2n) is 6.51. The molecule has 4 rings (SSSR count). The number of fused-ring (bicyclic) bond motifs is 2. The quantitative estimate of drug-likeness (QED) is 0.831. The Morgan fingerprint density at radius 2 is 2.04 bits per heavy atom. The molecule has 0 unspecified atom stereocenters. The van der Waals surface area contributed by atoms with Gasteiger partial charge in [0.2, 0.25) is 12.7 Å². The van der Waals surface area contributed by atoms with E-state index >= 15 is 0 Å². The molecule has 0 aromatic heterocycles. The second-order valence-corrected chi connectivity index (χ2v) is 6.92. The molecule has 2 amide bonds. The number of benzene rings is 2. The molecule has 0 spiro atoms. The molecule has 1 atom stereocenters. The van der Waals surface area contributed by atoms with Crippen LogP contribution in [0.25, 0.3) is 0 Å². The van der Waals surface area contributed by atoms with Crippen LogP contribution in [0.2, 0.25) is 5.02 Å². The number of amides is 2. The Hall–Kier alpha value is -2.93. The number of halogens is 1. The van der Waals surface area contributed by atoms with Gasteiger partial charge in [0.1, 0.15) is 11.8 Å². The summed E-state index contributed by atoms with van der Waals surface area (Å²) in [6.45, 7) is 4.17. The third kappa shape index (κ3) is 3.22. The highest BCUT2D eigenvalue weighted by molar-refractivity contribution is 6.31. The zero-order valence-corrected chi connectivity index (χ0v) is 16.2. The minimum Gasteiger partial charge on any atom is -0.494 e. The molecular formula is C20H19ClN2O5. The van der Waals surface area contributed by atoms with Crippen molar-refractivity contribution < 1.29 is 23.8 Å². The fourth-order valence-corrected chi connectivity index (χ4v) is 3.64. The van der Waals surface area contributed by atoms with Crippen molar-refractivity contribution in [1.29, 1.82) is 0 Å². The first-order valence-corrected chi connectivity index (χ1v) is 9.29. The summed E-state index contributed by atoms with van der Waals surface area (Å²) in [5, 5.41) is 3.20. The Kier molecular flexibility index (Phi) is 4.77. The highest BCUT2D eigenvalue weighted by Crippen LogP contribution is 2.42. The van der Waals surface area contributed by atoms with Crippen molar-refractivity contribution in [3.63, 3.8) is 0 Å². The lowest BCUT2D eigenvalue weighted by atomic mass is 10.1. The second kappa shape index (κ2) is 7.24. The normalized spacial score (nSPS) is 16.9. The van der Waals surface area contributed by atoms with Crippen LogP contribution in [0, 0.1) is 0 Å². The van der Waals surface area contributed by atoms with Crippen LogP contribution in [0.4, 0.5) is 5.69 Å². The van der Waals surface area contributed by atoms with Gasteiger partial charge < -0.3 is 24.4 Å². The van der Waals surface area contributed by atoms with Gasteiger partial charge in [-0.05, 0) is 36.8 Å². The minimum absolute atomic E-state index is 0.144. The number of nitrogens with one attached hydrogen (secondary N) is 1. The predicted octanol–water partition coefficient (Wildman–Crippen LogP) is 3.19. The number of ether oxygens (including phenoxy) is 3. The largest absolute Gasteiger partial charge is 0.494 e. The molecule has 2 aromatic rings. The van der Waals surface area contributed by atoms with E-state index in [1.807, 2.05) is 13.0 Å². The molecule has 1 N–H and O–H groups in total. The summed E-state index contributed by atoms with van der Waals surface area (Å²) in [7, 11) is 0. The summed E-state index contributed by atoms with van der Waals surface area (Å²) in [5.41, 5.74) is 2.13. The van der Waals surface area contributed by atoms with Gasteiger partial charge in [-0.2, -0.15) is 0 Å². The Balaban J connectivity index is 1.70. The van der Waals surface area contributed by atoms with Crippen molar-refractivity contribution in [3.8, 4) is 17.2 Å². The van der Waals surface area contributed by atoms with E-state index in [-0.39, 0.29) is 25.2 Å². The number of carbonyl (C=O) groups excluding carboxylic acids is 2. The van der Waals surface area contributed by atoms with Gasteiger partial charge in [0, 0.05) is 23.6 Å². The third-order valence-electron chi connectivity index (χ3n) is 4.64. The maximum Gasteiger partial charge on any atom is 0.254 e. The van der Waals surface area contributed by atoms with E-state index < -0.39 is 6.04 Å². The topological polar surface area (TPSA) is 77.1 Å². The predicted molar refractivity (Wildman–Crippen MR) is 103 cm³/mol. The monoisotopic (exact) mass is 402 g/mol. The first kappa shape index (κ1) is 18.4. The standard InChI is InChI=1S/C20H19ClN2O5/c1-3-26-13-4-5-16-14(7-13)19(22-11(2)24)20(25)23(16)9-12-6-17-18(8-15(12)21)28-10-27-17/h4-8,19H,3,9-10H2,1-2H3,(H,22,24)/t19-/m0/s1. The van der Waals surface area contributed by atoms with Gasteiger partial charge in [-0.3, -0.25) is 9.59 Å². The lowest BCUT2D eigenvalue weighted by molar-refractivity contribution is -0.126. The number of anilines is 1. The number of hydrogen-bond donors (Lipinski definition) is 1.